The van der Waals surface area contributed by atoms with Crippen LogP contribution in [-0.4, -0.2) is 64.5 Å². The molecule has 3 atom stereocenters. The number of hydrogen-bond acceptors (Lipinski definition) is 8. The van der Waals surface area contributed by atoms with Crippen molar-refractivity contribution in [2.24, 2.45) is 16.5 Å². The predicted octanol–water partition coefficient (Wildman–Crippen LogP) is 2.49. The molecule has 3 aromatic rings. The lowest BCUT2D eigenvalue weighted by Gasteiger charge is -2.26. The summed E-state index contributed by atoms with van der Waals surface area (Å²) in [4.78, 5) is 41.0. The van der Waals surface area contributed by atoms with E-state index in [0.29, 0.717) is 5.39 Å². The van der Waals surface area contributed by atoms with E-state index in [-0.39, 0.29) is 51.6 Å². The van der Waals surface area contributed by atoms with Crippen LogP contribution in [0.4, 0.5) is 18.9 Å². The number of hydrogen-bond donors (Lipinski definition) is 5. The first-order valence-corrected chi connectivity index (χ1v) is 12.5. The maximum absolute atomic E-state index is 13.5. The predicted molar refractivity (Wildman–Crippen MR) is 141 cm³/mol. The Hall–Kier alpha value is -4.34. The number of carbonyl (C=O) groups excluding carboxylic acids is 2. The minimum atomic E-state index is -3.15. The minimum absolute atomic E-state index is 0.00427. The van der Waals surface area contributed by atoms with E-state index in [9.17, 15) is 32.7 Å². The third-order valence-corrected chi connectivity index (χ3v) is 6.53. The number of nitrogens with one attached hydrogen (secondary N) is 2. The van der Waals surface area contributed by atoms with E-state index in [0.717, 1.165) is 4.68 Å². The number of carboxylic acid groups (broad SMARTS) is 1. The summed E-state index contributed by atoms with van der Waals surface area (Å²) in [6.45, 7) is -3.23. The van der Waals surface area contributed by atoms with Crippen molar-refractivity contribution in [2.45, 2.75) is 31.2 Å². The molecule has 0 saturated heterocycles. The van der Waals surface area contributed by atoms with Gasteiger partial charge in [-0.1, -0.05) is 15.9 Å². The molecule has 16 heteroatoms. The van der Waals surface area contributed by atoms with Gasteiger partial charge in [-0.3, -0.25) is 19.1 Å². The van der Waals surface area contributed by atoms with Crippen molar-refractivity contribution in [2.75, 3.05) is 18.4 Å². The molecular formula is C24H23BrF3N7O5. The van der Waals surface area contributed by atoms with Crippen LogP contribution in [-0.2, 0) is 9.59 Å². The number of aliphatic imine (C=N–C) groups is 1. The van der Waals surface area contributed by atoms with Crippen LogP contribution < -0.4 is 26.8 Å². The lowest BCUT2D eigenvalue weighted by atomic mass is 9.87. The van der Waals surface area contributed by atoms with Crippen molar-refractivity contribution in [3.8, 4) is 5.75 Å². The first-order valence-electron chi connectivity index (χ1n) is 11.7. The molecule has 0 spiro atoms. The lowest BCUT2D eigenvalue weighted by Crippen LogP contribution is -2.41. The standard InChI is InChI=1S/C24H23BrF3N7O5/c25-12-1-10(2-14(5-12)40-23(27)28)15(6-19(36)37)20(22(30)39)35-18-4-11(21(29)38)3-17(16(18)9-33-35)34-24-31-7-13(26)8-32-24/h1-5,9,13,15,20,23H,6-8H2,(H2,29,38)(H2,30,39)(H,36,37)(H2,31,32,34)/t15-,20?/m0/s1. The summed E-state index contributed by atoms with van der Waals surface area (Å²) in [6, 6.07) is 5.18. The van der Waals surface area contributed by atoms with Gasteiger partial charge in [-0.2, -0.15) is 13.9 Å². The van der Waals surface area contributed by atoms with Crippen molar-refractivity contribution in [1.29, 1.82) is 0 Å². The van der Waals surface area contributed by atoms with E-state index in [2.05, 4.69) is 41.4 Å². The fraction of sp³-hybridized carbons (Fsp3) is 0.292. The van der Waals surface area contributed by atoms with Gasteiger partial charge in [0.15, 0.2) is 5.96 Å². The van der Waals surface area contributed by atoms with E-state index < -0.39 is 48.9 Å². The summed E-state index contributed by atoms with van der Waals surface area (Å²) in [5, 5.41) is 20.0. The quantitative estimate of drug-likeness (QED) is 0.227. The average molecular weight is 626 g/mol. The number of rotatable bonds is 10. The van der Waals surface area contributed by atoms with E-state index in [4.69, 9.17) is 11.5 Å². The molecule has 212 valence electrons. The zero-order chi connectivity index (χ0) is 29.1. The number of nitrogens with zero attached hydrogens (tertiary/aromatic N) is 3. The van der Waals surface area contributed by atoms with Gasteiger partial charge in [0.05, 0.1) is 36.9 Å². The van der Waals surface area contributed by atoms with Crippen LogP contribution in [0.1, 0.15) is 34.3 Å². The summed E-state index contributed by atoms with van der Waals surface area (Å²) < 4.78 is 45.2. The van der Waals surface area contributed by atoms with E-state index in [1.807, 2.05) is 0 Å². The Morgan fingerprint density at radius 3 is 2.58 bits per heavy atom. The van der Waals surface area contributed by atoms with Crippen LogP contribution in [0.2, 0.25) is 0 Å². The van der Waals surface area contributed by atoms with E-state index in [1.54, 1.807) is 0 Å². The Balaban J connectivity index is 1.87. The molecule has 1 aliphatic heterocycles. The molecule has 2 unspecified atom stereocenters. The first kappa shape index (κ1) is 28.7. The number of aliphatic carboxylic acids is 1. The van der Waals surface area contributed by atoms with Crippen molar-refractivity contribution in [3.05, 3.63) is 52.1 Å². The number of amides is 2. The molecule has 0 fully saturated rings. The molecule has 0 bridgehead atoms. The second-order valence-corrected chi connectivity index (χ2v) is 9.77. The van der Waals surface area contributed by atoms with Crippen molar-refractivity contribution in [1.82, 2.24) is 15.1 Å². The number of guanidine groups is 1. The lowest BCUT2D eigenvalue weighted by molar-refractivity contribution is -0.138. The molecule has 0 radical (unpaired) electrons. The molecular weight excluding hydrogens is 603 g/mol. The number of alkyl halides is 3. The molecule has 40 heavy (non-hydrogen) atoms. The van der Waals surface area contributed by atoms with Crippen LogP contribution >= 0.6 is 15.9 Å². The van der Waals surface area contributed by atoms with Crippen LogP contribution in [0.3, 0.4) is 0 Å². The third-order valence-electron chi connectivity index (χ3n) is 6.07. The average Bonchev–Trinajstić information content (AvgIpc) is 3.27. The highest BCUT2D eigenvalue weighted by atomic mass is 79.9. The number of benzene rings is 2. The van der Waals surface area contributed by atoms with Gasteiger partial charge in [0.1, 0.15) is 18.0 Å². The molecule has 12 nitrogen and oxygen atoms in total. The van der Waals surface area contributed by atoms with Gasteiger partial charge in [-0.05, 0) is 35.9 Å². The molecule has 0 aliphatic carbocycles. The second-order valence-electron chi connectivity index (χ2n) is 8.85. The van der Waals surface area contributed by atoms with Crippen LogP contribution in [0.25, 0.3) is 10.9 Å². The molecule has 4 rings (SSSR count). The van der Waals surface area contributed by atoms with Crippen LogP contribution in [0.15, 0.2) is 46.0 Å². The number of nitrogens with two attached hydrogens (primary N) is 2. The van der Waals surface area contributed by atoms with Crippen LogP contribution in [0, 0.1) is 0 Å². The highest BCUT2D eigenvalue weighted by molar-refractivity contribution is 9.10. The second kappa shape index (κ2) is 11.8. The number of carbonyl (C=O) groups is 3. The zero-order valence-corrected chi connectivity index (χ0v) is 22.1. The number of fused-ring (bicyclic) bond motifs is 1. The third kappa shape index (κ3) is 6.44. The van der Waals surface area contributed by atoms with Gasteiger partial charge >= 0.3 is 12.6 Å². The zero-order valence-electron chi connectivity index (χ0n) is 20.5. The van der Waals surface area contributed by atoms with Gasteiger partial charge in [0.2, 0.25) is 11.8 Å². The topological polar surface area (TPSA) is 187 Å². The van der Waals surface area contributed by atoms with Gasteiger partial charge in [0.25, 0.3) is 0 Å². The van der Waals surface area contributed by atoms with Crippen molar-refractivity contribution >= 4 is 56.3 Å². The summed E-state index contributed by atoms with van der Waals surface area (Å²) >= 11 is 3.19. The largest absolute Gasteiger partial charge is 0.481 e. The normalized spacial score (nSPS) is 16.6. The highest BCUT2D eigenvalue weighted by Gasteiger charge is 2.34. The van der Waals surface area contributed by atoms with E-state index in [1.165, 1.54) is 36.5 Å². The fourth-order valence-corrected chi connectivity index (χ4v) is 4.89. The number of primary amides is 2. The summed E-state index contributed by atoms with van der Waals surface area (Å²) in [7, 11) is 0. The van der Waals surface area contributed by atoms with Crippen LogP contribution in [0.5, 0.6) is 5.75 Å². The molecule has 2 aromatic carbocycles. The van der Waals surface area contributed by atoms with Gasteiger partial charge in [0, 0.05) is 21.3 Å². The Morgan fingerprint density at radius 1 is 1.23 bits per heavy atom. The monoisotopic (exact) mass is 625 g/mol. The van der Waals surface area contributed by atoms with Crippen molar-refractivity contribution in [3.63, 3.8) is 0 Å². The highest BCUT2D eigenvalue weighted by Crippen LogP contribution is 2.38. The summed E-state index contributed by atoms with van der Waals surface area (Å²) in [5.41, 5.74) is 11.9. The Morgan fingerprint density at radius 2 is 1.98 bits per heavy atom. The Kier molecular flexibility index (Phi) is 8.46. The molecule has 2 heterocycles. The molecule has 1 aliphatic rings. The van der Waals surface area contributed by atoms with E-state index >= 15 is 0 Å². The number of ether oxygens (including phenoxy) is 1. The SMILES string of the molecule is NC(=O)c1cc(NC2=NCC(F)CN2)c2cnn(C(C(N)=O)[C@@H](CC(=O)O)c3cc(Br)cc(OC(F)F)c3)c2c1. The molecule has 0 saturated carbocycles. The summed E-state index contributed by atoms with van der Waals surface area (Å²) in [6.07, 6.45) is -0.466. The van der Waals surface area contributed by atoms with Gasteiger partial charge in [-0.15, -0.1) is 0 Å². The summed E-state index contributed by atoms with van der Waals surface area (Å²) in [5.74, 6) is -4.38. The molecule has 7 N–H and O–H groups in total. The number of halogens is 4. The molecule has 1 aromatic heterocycles. The fourth-order valence-electron chi connectivity index (χ4n) is 4.40. The smallest absolute Gasteiger partial charge is 0.387 e. The molecule has 2 amide bonds. The van der Waals surface area contributed by atoms with Crippen molar-refractivity contribution < 1.29 is 37.4 Å². The number of aromatic nitrogens is 2. The maximum atomic E-state index is 13.5. The Labute approximate surface area is 232 Å². The Bertz CT molecular complexity index is 1500. The van der Waals surface area contributed by atoms with Gasteiger partial charge < -0.3 is 31.9 Å². The maximum Gasteiger partial charge on any atom is 0.387 e. The number of anilines is 1. The number of carboxylic acids is 1. The minimum Gasteiger partial charge on any atom is -0.481 e. The first-order chi connectivity index (χ1) is 18.9. The van der Waals surface area contributed by atoms with Gasteiger partial charge in [-0.25, -0.2) is 9.38 Å².